The Labute approximate surface area is 168 Å². The molecule has 1 aliphatic rings. The van der Waals surface area contributed by atoms with Gasteiger partial charge in [-0.2, -0.15) is 0 Å². The van der Waals surface area contributed by atoms with Gasteiger partial charge in [-0.1, -0.05) is 43.5 Å². The largest absolute Gasteiger partial charge is 0.494 e. The minimum Gasteiger partial charge on any atom is -0.494 e. The maximum absolute atomic E-state index is 13.1. The zero-order valence-electron chi connectivity index (χ0n) is 15.6. The summed E-state index contributed by atoms with van der Waals surface area (Å²) < 4.78 is 5.72. The molecule has 142 valence electrons. The highest BCUT2D eigenvalue weighted by Crippen LogP contribution is 2.36. The summed E-state index contributed by atoms with van der Waals surface area (Å²) in [6.07, 6.45) is 3.27. The lowest BCUT2D eigenvalue weighted by Crippen LogP contribution is -2.40. The second-order valence-corrected chi connectivity index (χ2v) is 7.23. The molecule has 0 atom stereocenters. The number of unbranched alkanes of at least 4 members (excludes halogenated alkanes) is 2. The third-order valence-electron chi connectivity index (χ3n) is 4.97. The third kappa shape index (κ3) is 3.14. The van der Waals surface area contributed by atoms with Crippen LogP contribution in [-0.2, 0) is 0 Å². The standard InChI is InChI=1S/C23H20ClNO3/c1-2-3-4-14-28-16-10-8-15(9-11-16)25-22(26)18-7-5-6-17-20(24)13-12-19(21(17)18)23(25)27/h5-13H,2-4,14H2,1H3. The van der Waals surface area contributed by atoms with E-state index in [0.29, 0.717) is 39.2 Å². The Bertz CT molecular complexity index is 1040. The molecule has 0 bridgehead atoms. The first-order valence-corrected chi connectivity index (χ1v) is 9.82. The van der Waals surface area contributed by atoms with Crippen molar-refractivity contribution in [3.05, 3.63) is 70.7 Å². The lowest BCUT2D eigenvalue weighted by molar-refractivity contribution is 0.0893. The Morgan fingerprint density at radius 1 is 0.893 bits per heavy atom. The molecule has 1 heterocycles. The number of nitrogens with zero attached hydrogens (tertiary/aromatic N) is 1. The highest BCUT2D eigenvalue weighted by Gasteiger charge is 2.34. The minimum absolute atomic E-state index is 0.345. The fraction of sp³-hybridized carbons (Fsp3) is 0.217. The first-order valence-electron chi connectivity index (χ1n) is 9.44. The summed E-state index contributed by atoms with van der Waals surface area (Å²) in [4.78, 5) is 27.4. The molecule has 0 saturated heterocycles. The van der Waals surface area contributed by atoms with Gasteiger partial charge < -0.3 is 4.74 Å². The van der Waals surface area contributed by atoms with Crippen LogP contribution in [-0.4, -0.2) is 18.4 Å². The number of anilines is 1. The van der Waals surface area contributed by atoms with Crippen molar-refractivity contribution >= 4 is 39.9 Å². The molecule has 3 aromatic carbocycles. The molecular formula is C23H20ClNO3. The van der Waals surface area contributed by atoms with Gasteiger partial charge in [-0.25, -0.2) is 4.90 Å². The molecule has 2 amide bonds. The summed E-state index contributed by atoms with van der Waals surface area (Å²) in [5.41, 5.74) is 1.48. The highest BCUT2D eigenvalue weighted by molar-refractivity contribution is 6.40. The molecule has 0 N–H and O–H groups in total. The third-order valence-corrected chi connectivity index (χ3v) is 5.30. The lowest BCUT2D eigenvalue weighted by atomic mass is 9.93. The van der Waals surface area contributed by atoms with Crippen LogP contribution in [0.2, 0.25) is 5.02 Å². The average Bonchev–Trinajstić information content (AvgIpc) is 2.71. The quantitative estimate of drug-likeness (QED) is 0.389. The molecule has 0 fully saturated rings. The van der Waals surface area contributed by atoms with Gasteiger partial charge in [-0.05, 0) is 48.9 Å². The predicted octanol–water partition coefficient (Wildman–Crippen LogP) is 5.86. The highest BCUT2D eigenvalue weighted by atomic mass is 35.5. The number of imide groups is 1. The van der Waals surface area contributed by atoms with Gasteiger partial charge in [0.1, 0.15) is 5.75 Å². The number of hydrogen-bond acceptors (Lipinski definition) is 3. The summed E-state index contributed by atoms with van der Waals surface area (Å²) >= 11 is 6.26. The zero-order chi connectivity index (χ0) is 19.7. The van der Waals surface area contributed by atoms with E-state index in [1.165, 1.54) is 4.90 Å². The number of hydrogen-bond donors (Lipinski definition) is 0. The number of benzene rings is 3. The van der Waals surface area contributed by atoms with Crippen molar-refractivity contribution in [3.8, 4) is 5.75 Å². The normalized spacial score (nSPS) is 13.3. The van der Waals surface area contributed by atoms with Crippen LogP contribution in [0.3, 0.4) is 0 Å². The minimum atomic E-state index is -0.345. The maximum Gasteiger partial charge on any atom is 0.265 e. The molecule has 0 radical (unpaired) electrons. The molecule has 0 saturated carbocycles. The Morgan fingerprint density at radius 3 is 2.32 bits per heavy atom. The molecule has 5 heteroatoms. The van der Waals surface area contributed by atoms with Crippen LogP contribution in [0.4, 0.5) is 5.69 Å². The van der Waals surface area contributed by atoms with Crippen molar-refractivity contribution in [1.29, 1.82) is 0 Å². The maximum atomic E-state index is 13.1. The van der Waals surface area contributed by atoms with Crippen LogP contribution < -0.4 is 9.64 Å². The molecule has 4 rings (SSSR count). The van der Waals surface area contributed by atoms with Crippen molar-refractivity contribution in [2.45, 2.75) is 26.2 Å². The van der Waals surface area contributed by atoms with Crippen molar-refractivity contribution < 1.29 is 14.3 Å². The van der Waals surface area contributed by atoms with E-state index >= 15 is 0 Å². The van der Waals surface area contributed by atoms with Crippen molar-refractivity contribution in [3.63, 3.8) is 0 Å². The fourth-order valence-electron chi connectivity index (χ4n) is 3.53. The van der Waals surface area contributed by atoms with Crippen molar-refractivity contribution in [2.24, 2.45) is 0 Å². The molecule has 0 spiro atoms. The predicted molar refractivity (Wildman–Crippen MR) is 112 cm³/mol. The van der Waals surface area contributed by atoms with Gasteiger partial charge in [-0.3, -0.25) is 9.59 Å². The smallest absolute Gasteiger partial charge is 0.265 e. The van der Waals surface area contributed by atoms with E-state index in [1.54, 1.807) is 48.5 Å². The first-order chi connectivity index (χ1) is 13.6. The second kappa shape index (κ2) is 7.64. The van der Waals surface area contributed by atoms with E-state index in [9.17, 15) is 9.59 Å². The van der Waals surface area contributed by atoms with Crippen LogP contribution in [0.25, 0.3) is 10.8 Å². The monoisotopic (exact) mass is 393 g/mol. The molecule has 0 aromatic heterocycles. The van der Waals surface area contributed by atoms with Crippen LogP contribution in [0, 0.1) is 0 Å². The van der Waals surface area contributed by atoms with Gasteiger partial charge in [0.25, 0.3) is 11.8 Å². The molecular weight excluding hydrogens is 374 g/mol. The van der Waals surface area contributed by atoms with Crippen LogP contribution in [0.1, 0.15) is 46.9 Å². The Morgan fingerprint density at radius 2 is 1.61 bits per heavy atom. The molecule has 1 aliphatic heterocycles. The van der Waals surface area contributed by atoms with E-state index in [1.807, 2.05) is 6.07 Å². The number of halogens is 1. The molecule has 28 heavy (non-hydrogen) atoms. The number of carbonyl (C=O) groups excluding carboxylic acids is 2. The number of rotatable bonds is 6. The molecule has 3 aromatic rings. The van der Waals surface area contributed by atoms with Crippen LogP contribution in [0.5, 0.6) is 5.75 Å². The lowest BCUT2D eigenvalue weighted by Gasteiger charge is -2.27. The zero-order valence-corrected chi connectivity index (χ0v) is 16.3. The molecule has 0 unspecified atom stereocenters. The summed E-state index contributed by atoms with van der Waals surface area (Å²) in [5.74, 6) is 0.0370. The van der Waals surface area contributed by atoms with Crippen molar-refractivity contribution in [1.82, 2.24) is 0 Å². The topological polar surface area (TPSA) is 46.6 Å². The number of ether oxygens (including phenoxy) is 1. The SMILES string of the molecule is CCCCCOc1ccc(N2C(=O)c3cccc4c(Cl)ccc(c34)C2=O)cc1. The van der Waals surface area contributed by atoms with E-state index in [0.717, 1.165) is 25.0 Å². The Kier molecular flexibility index (Phi) is 5.05. The van der Waals surface area contributed by atoms with E-state index in [2.05, 4.69) is 6.92 Å². The summed E-state index contributed by atoms with van der Waals surface area (Å²) in [6, 6.07) is 15.8. The first kappa shape index (κ1) is 18.5. The van der Waals surface area contributed by atoms with Gasteiger partial charge in [0.15, 0.2) is 0 Å². The summed E-state index contributed by atoms with van der Waals surface area (Å²) in [7, 11) is 0. The van der Waals surface area contributed by atoms with Gasteiger partial charge in [-0.15, -0.1) is 0 Å². The summed E-state index contributed by atoms with van der Waals surface area (Å²) in [6.45, 7) is 2.80. The van der Waals surface area contributed by atoms with Gasteiger partial charge in [0.05, 0.1) is 12.3 Å². The molecule has 4 nitrogen and oxygen atoms in total. The summed E-state index contributed by atoms with van der Waals surface area (Å²) in [5, 5.41) is 1.87. The molecule has 0 aliphatic carbocycles. The Hall–Kier alpha value is -2.85. The second-order valence-electron chi connectivity index (χ2n) is 6.82. The van der Waals surface area contributed by atoms with Crippen LogP contribution in [0.15, 0.2) is 54.6 Å². The number of carbonyl (C=O) groups is 2. The number of amides is 2. The van der Waals surface area contributed by atoms with E-state index < -0.39 is 0 Å². The van der Waals surface area contributed by atoms with E-state index in [4.69, 9.17) is 16.3 Å². The van der Waals surface area contributed by atoms with Crippen molar-refractivity contribution in [2.75, 3.05) is 11.5 Å². The average molecular weight is 394 g/mol. The van der Waals surface area contributed by atoms with E-state index in [-0.39, 0.29) is 11.8 Å². The van der Waals surface area contributed by atoms with Gasteiger partial charge >= 0.3 is 0 Å². The fourth-order valence-corrected chi connectivity index (χ4v) is 3.75. The van der Waals surface area contributed by atoms with Gasteiger partial charge in [0, 0.05) is 26.9 Å². The van der Waals surface area contributed by atoms with Gasteiger partial charge in [0.2, 0.25) is 0 Å². The Balaban J connectivity index is 1.66. The van der Waals surface area contributed by atoms with Crippen LogP contribution >= 0.6 is 11.6 Å².